The molecule has 0 amide bonds. The highest BCUT2D eigenvalue weighted by Crippen LogP contribution is 2.27. The van der Waals surface area contributed by atoms with Crippen molar-refractivity contribution in [2.24, 2.45) is 0 Å². The van der Waals surface area contributed by atoms with Crippen LogP contribution in [-0.2, 0) is 6.42 Å². The van der Waals surface area contributed by atoms with Crippen LogP contribution in [0.4, 0.5) is 5.69 Å². The summed E-state index contributed by atoms with van der Waals surface area (Å²) in [7, 11) is 0. The maximum atomic E-state index is 9.38. The van der Waals surface area contributed by atoms with Gasteiger partial charge in [-0.25, -0.2) is 0 Å². The van der Waals surface area contributed by atoms with Gasteiger partial charge in [0.15, 0.2) is 0 Å². The molecule has 0 aliphatic carbocycles. The van der Waals surface area contributed by atoms with E-state index in [2.05, 4.69) is 49.5 Å². The third-order valence-electron chi connectivity index (χ3n) is 3.25. The smallest absolute Gasteiger partial charge is 0.102 e. The number of hydrogen-bond donors (Lipinski definition) is 1. The van der Waals surface area contributed by atoms with Gasteiger partial charge in [0.05, 0.1) is 11.3 Å². The molecule has 0 atom stereocenters. The molecule has 0 fully saturated rings. The Hall–Kier alpha value is -1.92. The summed E-state index contributed by atoms with van der Waals surface area (Å²) in [6, 6.07) is 16.9. The van der Waals surface area contributed by atoms with E-state index in [4.69, 9.17) is 0 Å². The van der Waals surface area contributed by atoms with E-state index in [1.807, 2.05) is 18.2 Å². The van der Waals surface area contributed by atoms with E-state index in [0.29, 0.717) is 0 Å². The van der Waals surface area contributed by atoms with E-state index in [-0.39, 0.29) is 0 Å². The molecule has 2 aromatic carbocycles. The van der Waals surface area contributed by atoms with Crippen molar-refractivity contribution in [3.05, 3.63) is 59.2 Å². The predicted octanol–water partition coefficient (Wildman–Crippen LogP) is 4.63. The zero-order valence-electron chi connectivity index (χ0n) is 12.5. The fourth-order valence-electron chi connectivity index (χ4n) is 2.28. The summed E-state index contributed by atoms with van der Waals surface area (Å²) in [4.78, 5) is 1.06. The van der Waals surface area contributed by atoms with Gasteiger partial charge in [-0.1, -0.05) is 42.8 Å². The molecule has 0 radical (unpaired) electrons. The van der Waals surface area contributed by atoms with Crippen LogP contribution in [0, 0.1) is 18.3 Å². The van der Waals surface area contributed by atoms with Gasteiger partial charge in [-0.2, -0.15) is 5.26 Å². The maximum Gasteiger partial charge on any atom is 0.102 e. The third kappa shape index (κ3) is 4.27. The van der Waals surface area contributed by atoms with E-state index in [1.54, 1.807) is 11.8 Å². The Bertz CT molecular complexity index is 644. The quantitative estimate of drug-likeness (QED) is 0.789. The normalized spacial score (nSPS) is 10.1. The number of thioether (sulfide) groups is 1. The van der Waals surface area contributed by atoms with Gasteiger partial charge < -0.3 is 5.32 Å². The van der Waals surface area contributed by atoms with Gasteiger partial charge in [-0.05, 0) is 36.8 Å². The second kappa shape index (κ2) is 7.75. The van der Waals surface area contributed by atoms with E-state index in [0.717, 1.165) is 34.9 Å². The number of rotatable bonds is 6. The van der Waals surface area contributed by atoms with E-state index >= 15 is 0 Å². The highest BCUT2D eigenvalue weighted by Gasteiger charge is 2.07. The van der Waals surface area contributed by atoms with Gasteiger partial charge in [0, 0.05) is 11.4 Å². The van der Waals surface area contributed by atoms with Gasteiger partial charge in [0.2, 0.25) is 0 Å². The molecule has 0 saturated carbocycles. The molecule has 3 heteroatoms. The molecule has 0 heterocycles. The molecule has 0 saturated heterocycles. The Morgan fingerprint density at radius 1 is 1.19 bits per heavy atom. The Morgan fingerprint density at radius 2 is 2.00 bits per heavy atom. The van der Waals surface area contributed by atoms with Crippen LogP contribution >= 0.6 is 11.8 Å². The monoisotopic (exact) mass is 296 g/mol. The molecule has 21 heavy (non-hydrogen) atoms. The molecule has 108 valence electrons. The molecular weight excluding hydrogens is 276 g/mol. The summed E-state index contributed by atoms with van der Waals surface area (Å²) in [5.74, 6) is 0.974. The summed E-state index contributed by atoms with van der Waals surface area (Å²) < 4.78 is 0. The molecule has 0 unspecified atom stereocenters. The van der Waals surface area contributed by atoms with E-state index in [9.17, 15) is 5.26 Å². The van der Waals surface area contributed by atoms with Crippen molar-refractivity contribution >= 4 is 17.4 Å². The van der Waals surface area contributed by atoms with Gasteiger partial charge in [0.1, 0.15) is 6.07 Å². The largest absolute Gasteiger partial charge is 0.384 e. The molecule has 0 aliphatic rings. The van der Waals surface area contributed by atoms with Crippen LogP contribution in [0.25, 0.3) is 0 Å². The van der Waals surface area contributed by atoms with E-state index < -0.39 is 0 Å². The van der Waals surface area contributed by atoms with Crippen molar-refractivity contribution in [3.8, 4) is 6.07 Å². The van der Waals surface area contributed by atoms with Gasteiger partial charge in [-0.3, -0.25) is 0 Å². The summed E-state index contributed by atoms with van der Waals surface area (Å²) in [5.41, 5.74) is 4.30. The Labute approximate surface area is 131 Å². The summed E-state index contributed by atoms with van der Waals surface area (Å²) in [6.07, 6.45) is 0.956. The first kappa shape index (κ1) is 15.5. The SMILES string of the molecule is CCSc1cccc(NCCc2cccc(C)c2)c1C#N. The minimum absolute atomic E-state index is 0.758. The highest BCUT2D eigenvalue weighted by molar-refractivity contribution is 7.99. The number of hydrogen-bond acceptors (Lipinski definition) is 3. The summed E-state index contributed by atoms with van der Waals surface area (Å²) >= 11 is 1.71. The number of aryl methyl sites for hydroxylation is 1. The molecule has 1 N–H and O–H groups in total. The molecule has 0 spiro atoms. The average Bonchev–Trinajstić information content (AvgIpc) is 2.48. The standard InChI is InChI=1S/C18H20N2S/c1-3-21-18-9-5-8-17(16(18)13-19)20-11-10-15-7-4-6-14(2)12-15/h4-9,12,20H,3,10-11H2,1-2H3. The topological polar surface area (TPSA) is 35.8 Å². The van der Waals surface area contributed by atoms with Crippen molar-refractivity contribution in [2.45, 2.75) is 25.2 Å². The van der Waals surface area contributed by atoms with Crippen molar-refractivity contribution in [1.82, 2.24) is 0 Å². The van der Waals surface area contributed by atoms with Crippen molar-refractivity contribution in [1.29, 1.82) is 5.26 Å². The number of anilines is 1. The molecule has 2 aromatic rings. The summed E-state index contributed by atoms with van der Waals surface area (Å²) in [5, 5.41) is 12.8. The fourth-order valence-corrected chi connectivity index (χ4v) is 3.06. The zero-order chi connectivity index (χ0) is 15.1. The van der Waals surface area contributed by atoms with Crippen LogP contribution in [0.15, 0.2) is 47.4 Å². The van der Waals surface area contributed by atoms with Crippen LogP contribution in [0.2, 0.25) is 0 Å². The van der Waals surface area contributed by atoms with Crippen molar-refractivity contribution < 1.29 is 0 Å². The molecule has 0 aromatic heterocycles. The molecule has 0 bridgehead atoms. The Morgan fingerprint density at radius 3 is 2.71 bits per heavy atom. The number of nitrogens with one attached hydrogen (secondary N) is 1. The van der Waals surface area contributed by atoms with E-state index in [1.165, 1.54) is 11.1 Å². The average molecular weight is 296 g/mol. The molecular formula is C18H20N2S. The Balaban J connectivity index is 2.03. The van der Waals surface area contributed by atoms with Gasteiger partial charge in [0.25, 0.3) is 0 Å². The minimum atomic E-state index is 0.758. The van der Waals surface area contributed by atoms with Gasteiger partial charge >= 0.3 is 0 Å². The lowest BCUT2D eigenvalue weighted by Crippen LogP contribution is -2.06. The second-order valence-electron chi connectivity index (χ2n) is 4.89. The molecule has 0 aliphatic heterocycles. The minimum Gasteiger partial charge on any atom is -0.384 e. The predicted molar refractivity (Wildman–Crippen MR) is 90.9 cm³/mol. The third-order valence-corrected chi connectivity index (χ3v) is 4.19. The first-order chi connectivity index (χ1) is 10.2. The van der Waals surface area contributed by atoms with Crippen LogP contribution in [-0.4, -0.2) is 12.3 Å². The van der Waals surface area contributed by atoms with Crippen molar-refractivity contribution in [2.75, 3.05) is 17.6 Å². The zero-order valence-corrected chi connectivity index (χ0v) is 13.3. The molecule has 2 rings (SSSR count). The van der Waals surface area contributed by atoms with Crippen LogP contribution in [0.3, 0.4) is 0 Å². The Kier molecular flexibility index (Phi) is 5.71. The molecule has 2 nitrogen and oxygen atoms in total. The van der Waals surface area contributed by atoms with Crippen molar-refractivity contribution in [3.63, 3.8) is 0 Å². The maximum absolute atomic E-state index is 9.38. The number of nitrogens with zero attached hydrogens (tertiary/aromatic N) is 1. The highest BCUT2D eigenvalue weighted by atomic mass is 32.2. The number of nitriles is 1. The lowest BCUT2D eigenvalue weighted by molar-refractivity contribution is 1.01. The first-order valence-electron chi connectivity index (χ1n) is 7.20. The van der Waals surface area contributed by atoms with Crippen LogP contribution in [0.1, 0.15) is 23.6 Å². The lowest BCUT2D eigenvalue weighted by Gasteiger charge is -2.11. The van der Waals surface area contributed by atoms with Gasteiger partial charge in [-0.15, -0.1) is 11.8 Å². The second-order valence-corrected chi connectivity index (χ2v) is 6.20. The first-order valence-corrected chi connectivity index (χ1v) is 8.18. The van der Waals surface area contributed by atoms with Crippen LogP contribution < -0.4 is 5.32 Å². The van der Waals surface area contributed by atoms with Crippen LogP contribution in [0.5, 0.6) is 0 Å². The fraction of sp³-hybridized carbons (Fsp3) is 0.278. The number of benzene rings is 2. The lowest BCUT2D eigenvalue weighted by atomic mass is 10.1. The summed E-state index contributed by atoms with van der Waals surface area (Å²) in [6.45, 7) is 5.04.